The standard InChI is InChI=1S/C48H30N6O/c1-5-13-31(14-6-1)33-21-25-37(26-22-33)46-52-45(36-19-11-4-12-20-36)53-47(54-46)38-27-23-34(24-28-38)41-43-42(51-44(50-41)35-17-9-3-10-18-35)40-29-39(30-49-48(40)55-43)32-15-7-2-8-16-32/h1-30H. The number of rotatable bonds is 7. The Bertz CT molecular complexity index is 2930. The third-order valence-corrected chi connectivity index (χ3v) is 9.64. The minimum atomic E-state index is 0.509. The van der Waals surface area contributed by atoms with E-state index in [0.717, 1.165) is 55.5 Å². The molecule has 4 heterocycles. The number of nitrogens with zero attached hydrogens (tertiary/aromatic N) is 6. The van der Waals surface area contributed by atoms with Crippen LogP contribution in [-0.4, -0.2) is 29.9 Å². The van der Waals surface area contributed by atoms with E-state index in [1.807, 2.05) is 128 Å². The van der Waals surface area contributed by atoms with Crippen molar-refractivity contribution < 1.29 is 4.42 Å². The van der Waals surface area contributed by atoms with Gasteiger partial charge in [-0.15, -0.1) is 0 Å². The molecule has 0 radical (unpaired) electrons. The van der Waals surface area contributed by atoms with Crippen LogP contribution in [0.4, 0.5) is 0 Å². The Balaban J connectivity index is 1.08. The lowest BCUT2D eigenvalue weighted by atomic mass is 10.0. The number of hydrogen-bond acceptors (Lipinski definition) is 7. The van der Waals surface area contributed by atoms with Crippen LogP contribution >= 0.6 is 0 Å². The Labute approximate surface area is 316 Å². The second-order valence-electron chi connectivity index (χ2n) is 13.2. The molecule has 7 heteroatoms. The first-order chi connectivity index (χ1) is 27.2. The highest BCUT2D eigenvalue weighted by Gasteiger charge is 2.20. The Kier molecular flexibility index (Phi) is 8.00. The highest BCUT2D eigenvalue weighted by molar-refractivity contribution is 6.07. The van der Waals surface area contributed by atoms with E-state index in [9.17, 15) is 0 Å². The summed E-state index contributed by atoms with van der Waals surface area (Å²) < 4.78 is 6.43. The summed E-state index contributed by atoms with van der Waals surface area (Å²) in [5.41, 5.74) is 11.2. The molecular weight excluding hydrogens is 677 g/mol. The van der Waals surface area contributed by atoms with Crippen LogP contribution in [0.1, 0.15) is 0 Å². The molecule has 6 aromatic carbocycles. The number of furan rings is 1. The van der Waals surface area contributed by atoms with E-state index >= 15 is 0 Å². The summed E-state index contributed by atoms with van der Waals surface area (Å²) in [6, 6.07) is 59.0. The molecule has 0 aliphatic carbocycles. The van der Waals surface area contributed by atoms with E-state index in [1.54, 1.807) is 0 Å². The molecule has 0 bridgehead atoms. The summed E-state index contributed by atoms with van der Waals surface area (Å²) in [7, 11) is 0. The molecule has 258 valence electrons. The largest absolute Gasteiger partial charge is 0.434 e. The first-order valence-electron chi connectivity index (χ1n) is 18.0. The highest BCUT2D eigenvalue weighted by Crippen LogP contribution is 2.37. The van der Waals surface area contributed by atoms with Crippen molar-refractivity contribution in [3.63, 3.8) is 0 Å². The monoisotopic (exact) mass is 706 g/mol. The number of aromatic nitrogens is 6. The maximum atomic E-state index is 6.43. The quantitative estimate of drug-likeness (QED) is 0.163. The van der Waals surface area contributed by atoms with Crippen molar-refractivity contribution in [2.24, 2.45) is 0 Å². The van der Waals surface area contributed by atoms with Crippen LogP contribution < -0.4 is 0 Å². The van der Waals surface area contributed by atoms with Gasteiger partial charge in [-0.3, -0.25) is 0 Å². The molecule has 0 aliphatic heterocycles. The van der Waals surface area contributed by atoms with E-state index in [4.69, 9.17) is 34.3 Å². The molecule has 55 heavy (non-hydrogen) atoms. The molecule has 0 saturated heterocycles. The summed E-state index contributed by atoms with van der Waals surface area (Å²) in [5, 5.41) is 0.830. The summed E-state index contributed by atoms with van der Waals surface area (Å²) in [6.45, 7) is 0. The normalized spacial score (nSPS) is 11.3. The molecule has 4 aromatic heterocycles. The number of fused-ring (bicyclic) bond motifs is 3. The van der Waals surface area contributed by atoms with Crippen molar-refractivity contribution in [2.45, 2.75) is 0 Å². The second kappa shape index (κ2) is 13.7. The van der Waals surface area contributed by atoms with Crippen molar-refractivity contribution >= 4 is 22.2 Å². The van der Waals surface area contributed by atoms with Crippen molar-refractivity contribution in [1.29, 1.82) is 0 Å². The summed E-state index contributed by atoms with van der Waals surface area (Å²) in [4.78, 5) is 29.7. The number of pyridine rings is 1. The Hall–Kier alpha value is -7.64. The summed E-state index contributed by atoms with van der Waals surface area (Å²) in [6.07, 6.45) is 1.84. The summed E-state index contributed by atoms with van der Waals surface area (Å²) >= 11 is 0. The zero-order valence-corrected chi connectivity index (χ0v) is 29.4. The van der Waals surface area contributed by atoms with E-state index in [-0.39, 0.29) is 0 Å². The van der Waals surface area contributed by atoms with Crippen LogP contribution in [0.3, 0.4) is 0 Å². The third kappa shape index (κ3) is 6.19. The van der Waals surface area contributed by atoms with Gasteiger partial charge in [0.25, 0.3) is 0 Å². The molecule has 0 fully saturated rings. The predicted octanol–water partition coefficient (Wildman–Crippen LogP) is 11.6. The van der Waals surface area contributed by atoms with E-state index < -0.39 is 0 Å². The van der Waals surface area contributed by atoms with Crippen molar-refractivity contribution in [3.8, 4) is 79.1 Å². The average Bonchev–Trinajstić information content (AvgIpc) is 3.65. The van der Waals surface area contributed by atoms with E-state index in [2.05, 4.69) is 54.6 Å². The maximum absolute atomic E-state index is 6.43. The van der Waals surface area contributed by atoms with Gasteiger partial charge in [0.1, 0.15) is 11.2 Å². The average molecular weight is 707 g/mol. The van der Waals surface area contributed by atoms with Crippen LogP contribution in [0.2, 0.25) is 0 Å². The van der Waals surface area contributed by atoms with Crippen molar-refractivity contribution in [2.75, 3.05) is 0 Å². The maximum Gasteiger partial charge on any atom is 0.229 e. The molecule has 0 saturated carbocycles. The van der Waals surface area contributed by atoms with Gasteiger partial charge < -0.3 is 4.42 Å². The Morgan fingerprint density at radius 1 is 0.327 bits per heavy atom. The molecular formula is C48H30N6O. The minimum Gasteiger partial charge on any atom is -0.434 e. The molecule has 0 atom stereocenters. The van der Waals surface area contributed by atoms with Crippen LogP contribution in [0.25, 0.3) is 101 Å². The van der Waals surface area contributed by atoms with E-state index in [1.165, 1.54) is 0 Å². The topological polar surface area (TPSA) is 90.5 Å². The molecule has 0 amide bonds. The molecule has 0 spiro atoms. The van der Waals surface area contributed by atoms with Gasteiger partial charge in [-0.2, -0.15) is 0 Å². The van der Waals surface area contributed by atoms with Gasteiger partial charge >= 0.3 is 0 Å². The molecule has 7 nitrogen and oxygen atoms in total. The first kappa shape index (κ1) is 32.0. The molecule has 0 aliphatic rings. The lowest BCUT2D eigenvalue weighted by molar-refractivity contribution is 0.653. The Morgan fingerprint density at radius 2 is 0.709 bits per heavy atom. The predicted molar refractivity (Wildman–Crippen MR) is 219 cm³/mol. The zero-order chi connectivity index (χ0) is 36.6. The minimum absolute atomic E-state index is 0.509. The van der Waals surface area contributed by atoms with Gasteiger partial charge in [0.2, 0.25) is 5.71 Å². The number of hydrogen-bond donors (Lipinski definition) is 0. The zero-order valence-electron chi connectivity index (χ0n) is 29.4. The summed E-state index contributed by atoms with van der Waals surface area (Å²) in [5.74, 6) is 2.38. The van der Waals surface area contributed by atoms with Gasteiger partial charge in [-0.05, 0) is 22.8 Å². The second-order valence-corrected chi connectivity index (χ2v) is 13.2. The SMILES string of the molecule is c1ccc(-c2ccc(-c3nc(-c4ccccc4)nc(-c4ccc(-c5nc(-c6ccccc6)nc6c5oc5ncc(-c7ccccc7)cc56)cc4)n3)cc2)cc1. The van der Waals surface area contributed by atoms with Gasteiger partial charge in [0.15, 0.2) is 28.9 Å². The van der Waals surface area contributed by atoms with Crippen molar-refractivity contribution in [1.82, 2.24) is 29.9 Å². The van der Waals surface area contributed by atoms with E-state index in [0.29, 0.717) is 45.8 Å². The smallest absolute Gasteiger partial charge is 0.229 e. The van der Waals surface area contributed by atoms with Gasteiger partial charge in [0.05, 0.1) is 5.39 Å². The molecule has 10 rings (SSSR count). The van der Waals surface area contributed by atoms with Gasteiger partial charge in [-0.1, -0.05) is 170 Å². The van der Waals surface area contributed by atoms with Gasteiger partial charge in [-0.25, -0.2) is 29.9 Å². The fraction of sp³-hybridized carbons (Fsp3) is 0. The fourth-order valence-corrected chi connectivity index (χ4v) is 6.80. The van der Waals surface area contributed by atoms with Crippen LogP contribution in [0.15, 0.2) is 187 Å². The third-order valence-electron chi connectivity index (χ3n) is 9.64. The Morgan fingerprint density at radius 3 is 1.22 bits per heavy atom. The number of benzene rings is 6. The molecule has 0 unspecified atom stereocenters. The molecule has 10 aromatic rings. The van der Waals surface area contributed by atoms with Crippen LogP contribution in [0, 0.1) is 0 Å². The van der Waals surface area contributed by atoms with Crippen LogP contribution in [0.5, 0.6) is 0 Å². The lowest BCUT2D eigenvalue weighted by Gasteiger charge is -2.10. The molecule has 0 N–H and O–H groups in total. The first-order valence-corrected chi connectivity index (χ1v) is 18.0. The van der Waals surface area contributed by atoms with Crippen molar-refractivity contribution in [3.05, 3.63) is 182 Å². The van der Waals surface area contributed by atoms with Crippen LogP contribution in [-0.2, 0) is 0 Å². The fourth-order valence-electron chi connectivity index (χ4n) is 6.80. The lowest BCUT2D eigenvalue weighted by Crippen LogP contribution is -2.00. The highest BCUT2D eigenvalue weighted by atomic mass is 16.3. The van der Waals surface area contributed by atoms with Gasteiger partial charge in [0, 0.05) is 39.6 Å².